The number of aromatic nitrogens is 2. The van der Waals surface area contributed by atoms with Crippen LogP contribution in [0.15, 0.2) is 23.7 Å². The van der Waals surface area contributed by atoms with Gasteiger partial charge in [0, 0.05) is 35.9 Å². The Labute approximate surface area is 168 Å². The minimum Gasteiger partial charge on any atom is -0.449 e. The summed E-state index contributed by atoms with van der Waals surface area (Å²) in [7, 11) is 0. The fraction of sp³-hybridized carbons (Fsp3) is 0.526. The van der Waals surface area contributed by atoms with Crippen LogP contribution >= 0.6 is 22.9 Å². The second-order valence-electron chi connectivity index (χ2n) is 7.52. The van der Waals surface area contributed by atoms with Gasteiger partial charge in [0.05, 0.1) is 12.3 Å². The van der Waals surface area contributed by atoms with Crippen LogP contribution in [-0.4, -0.2) is 41.4 Å². The lowest BCUT2D eigenvalue weighted by molar-refractivity contribution is 0.0386. The van der Waals surface area contributed by atoms with Crippen LogP contribution < -0.4 is 4.90 Å². The number of carbonyl (C=O) groups excluding carboxylic acids is 1. The summed E-state index contributed by atoms with van der Waals surface area (Å²) in [6, 6.07) is 3.60. The first-order valence-electron chi connectivity index (χ1n) is 8.97. The summed E-state index contributed by atoms with van der Waals surface area (Å²) in [6.45, 7) is 7.77. The molecule has 0 radical (unpaired) electrons. The van der Waals surface area contributed by atoms with E-state index in [1.165, 1.54) is 11.3 Å². The minimum absolute atomic E-state index is 0.357. The normalized spacial score (nSPS) is 15.6. The molecule has 3 rings (SSSR count). The third kappa shape index (κ3) is 5.18. The van der Waals surface area contributed by atoms with Crippen molar-refractivity contribution in [3.8, 4) is 11.3 Å². The number of hydrogen-bond donors (Lipinski definition) is 0. The Morgan fingerprint density at radius 1 is 1.41 bits per heavy atom. The van der Waals surface area contributed by atoms with E-state index in [0.29, 0.717) is 22.8 Å². The van der Waals surface area contributed by atoms with Crippen molar-refractivity contribution in [2.24, 2.45) is 5.92 Å². The Hall–Kier alpha value is -1.70. The fourth-order valence-corrected chi connectivity index (χ4v) is 4.05. The molecular weight excluding hydrogens is 386 g/mol. The van der Waals surface area contributed by atoms with Crippen molar-refractivity contribution in [1.29, 1.82) is 0 Å². The van der Waals surface area contributed by atoms with Gasteiger partial charge >= 0.3 is 6.09 Å². The summed E-state index contributed by atoms with van der Waals surface area (Å²) in [5.74, 6) is 0.357. The number of rotatable bonds is 4. The lowest BCUT2D eigenvalue weighted by Crippen LogP contribution is -2.46. The standard InChI is InChI=1S/C19H24ClN3O3S/c1-19(2,3)23(18(24)26-11-13-5-8-25-9-6-13)17-22-15(12-27-17)14-4-7-21-16(20)10-14/h4,7,10,12-13H,5-6,8-9,11H2,1-3H3. The molecule has 1 fully saturated rings. The molecule has 0 N–H and O–H groups in total. The summed E-state index contributed by atoms with van der Waals surface area (Å²) in [4.78, 5) is 23.1. The van der Waals surface area contributed by atoms with E-state index in [2.05, 4.69) is 9.97 Å². The van der Waals surface area contributed by atoms with Crippen LogP contribution in [0, 0.1) is 5.92 Å². The summed E-state index contributed by atoms with van der Waals surface area (Å²) in [5, 5.41) is 2.92. The van der Waals surface area contributed by atoms with Gasteiger partial charge in [0.1, 0.15) is 5.15 Å². The molecule has 6 nitrogen and oxygen atoms in total. The zero-order valence-corrected chi connectivity index (χ0v) is 17.3. The quantitative estimate of drug-likeness (QED) is 0.663. The molecule has 1 saturated heterocycles. The Kier molecular flexibility index (Phi) is 6.34. The number of amides is 1. The number of carbonyl (C=O) groups is 1. The predicted octanol–water partition coefficient (Wildman–Crippen LogP) is 5.03. The van der Waals surface area contributed by atoms with E-state index >= 15 is 0 Å². The van der Waals surface area contributed by atoms with Crippen molar-refractivity contribution in [2.75, 3.05) is 24.7 Å². The van der Waals surface area contributed by atoms with Crippen LogP contribution in [0.3, 0.4) is 0 Å². The maximum Gasteiger partial charge on any atom is 0.416 e. The second-order valence-corrected chi connectivity index (χ2v) is 8.75. The highest BCUT2D eigenvalue weighted by Gasteiger charge is 2.32. The van der Waals surface area contributed by atoms with E-state index in [1.807, 2.05) is 32.2 Å². The van der Waals surface area contributed by atoms with Crippen molar-refractivity contribution in [3.63, 3.8) is 0 Å². The van der Waals surface area contributed by atoms with Gasteiger partial charge in [0.25, 0.3) is 0 Å². The van der Waals surface area contributed by atoms with Crippen molar-refractivity contribution in [2.45, 2.75) is 39.2 Å². The maximum atomic E-state index is 12.8. The van der Waals surface area contributed by atoms with Crippen LogP contribution in [0.5, 0.6) is 0 Å². The van der Waals surface area contributed by atoms with Gasteiger partial charge in [0.2, 0.25) is 0 Å². The summed E-state index contributed by atoms with van der Waals surface area (Å²) >= 11 is 7.38. The minimum atomic E-state index is -0.461. The van der Waals surface area contributed by atoms with Gasteiger partial charge in [0.15, 0.2) is 5.13 Å². The molecule has 8 heteroatoms. The van der Waals surface area contributed by atoms with Crippen LogP contribution in [0.25, 0.3) is 11.3 Å². The molecule has 27 heavy (non-hydrogen) atoms. The van der Waals surface area contributed by atoms with Crippen LogP contribution in [0.1, 0.15) is 33.6 Å². The van der Waals surface area contributed by atoms with E-state index < -0.39 is 5.54 Å². The average Bonchev–Trinajstić information content (AvgIpc) is 3.09. The predicted molar refractivity (Wildman–Crippen MR) is 107 cm³/mol. The molecule has 0 saturated carbocycles. The topological polar surface area (TPSA) is 64.6 Å². The number of halogens is 1. The third-order valence-corrected chi connectivity index (χ3v) is 5.37. The van der Waals surface area contributed by atoms with E-state index in [1.54, 1.807) is 17.2 Å². The number of anilines is 1. The fourth-order valence-electron chi connectivity index (χ4n) is 2.87. The first kappa shape index (κ1) is 20.0. The molecule has 1 amide bonds. The van der Waals surface area contributed by atoms with E-state index in [9.17, 15) is 4.79 Å². The first-order valence-corrected chi connectivity index (χ1v) is 10.2. The van der Waals surface area contributed by atoms with Gasteiger partial charge in [-0.15, -0.1) is 11.3 Å². The highest BCUT2D eigenvalue weighted by atomic mass is 35.5. The van der Waals surface area contributed by atoms with Gasteiger partial charge in [-0.2, -0.15) is 0 Å². The number of hydrogen-bond acceptors (Lipinski definition) is 6. The average molecular weight is 410 g/mol. The first-order chi connectivity index (χ1) is 12.8. The van der Waals surface area contributed by atoms with Gasteiger partial charge in [-0.3, -0.25) is 0 Å². The number of ether oxygens (including phenoxy) is 2. The molecule has 0 spiro atoms. The number of pyridine rings is 1. The summed E-state index contributed by atoms with van der Waals surface area (Å²) < 4.78 is 11.0. The lowest BCUT2D eigenvalue weighted by atomic mass is 10.0. The molecule has 0 aromatic carbocycles. The zero-order chi connectivity index (χ0) is 19.4. The Balaban J connectivity index is 1.75. The highest BCUT2D eigenvalue weighted by molar-refractivity contribution is 7.14. The molecule has 1 aliphatic heterocycles. The molecular formula is C19H24ClN3O3S. The third-order valence-electron chi connectivity index (χ3n) is 4.34. The Morgan fingerprint density at radius 3 is 2.81 bits per heavy atom. The molecule has 0 aliphatic carbocycles. The number of nitrogens with zero attached hydrogens (tertiary/aromatic N) is 3. The van der Waals surface area contributed by atoms with E-state index in [0.717, 1.165) is 37.3 Å². The van der Waals surface area contributed by atoms with Gasteiger partial charge in [-0.25, -0.2) is 19.7 Å². The van der Waals surface area contributed by atoms with Crippen LogP contribution in [0.2, 0.25) is 5.15 Å². The lowest BCUT2D eigenvalue weighted by Gasteiger charge is -2.33. The van der Waals surface area contributed by atoms with Crippen molar-refractivity contribution >= 4 is 34.2 Å². The van der Waals surface area contributed by atoms with Gasteiger partial charge < -0.3 is 9.47 Å². The second kappa shape index (κ2) is 8.54. The van der Waals surface area contributed by atoms with Gasteiger partial charge in [-0.05, 0) is 51.7 Å². The molecule has 2 aromatic heterocycles. The Bertz CT molecular complexity index is 785. The Morgan fingerprint density at radius 2 is 2.15 bits per heavy atom. The van der Waals surface area contributed by atoms with Crippen molar-refractivity contribution < 1.29 is 14.3 Å². The molecule has 146 valence electrons. The largest absolute Gasteiger partial charge is 0.449 e. The van der Waals surface area contributed by atoms with Crippen molar-refractivity contribution in [1.82, 2.24) is 9.97 Å². The van der Waals surface area contributed by atoms with E-state index in [4.69, 9.17) is 21.1 Å². The number of thiazole rings is 1. The van der Waals surface area contributed by atoms with Crippen LogP contribution in [0.4, 0.5) is 9.93 Å². The molecule has 0 atom stereocenters. The summed E-state index contributed by atoms with van der Waals surface area (Å²) in [6.07, 6.45) is 3.11. The SMILES string of the molecule is CC(C)(C)N(C(=O)OCC1CCOCC1)c1nc(-c2ccnc(Cl)c2)cs1. The molecule has 3 heterocycles. The monoisotopic (exact) mass is 409 g/mol. The smallest absolute Gasteiger partial charge is 0.416 e. The highest BCUT2D eigenvalue weighted by Crippen LogP contribution is 2.32. The van der Waals surface area contributed by atoms with Crippen LogP contribution in [-0.2, 0) is 9.47 Å². The summed E-state index contributed by atoms with van der Waals surface area (Å²) in [5.41, 5.74) is 1.16. The zero-order valence-electron chi connectivity index (χ0n) is 15.8. The maximum absolute atomic E-state index is 12.8. The molecule has 1 aliphatic rings. The molecule has 2 aromatic rings. The molecule has 0 bridgehead atoms. The van der Waals surface area contributed by atoms with Crippen molar-refractivity contribution in [3.05, 3.63) is 28.9 Å². The van der Waals surface area contributed by atoms with E-state index in [-0.39, 0.29) is 6.09 Å². The van der Waals surface area contributed by atoms with Gasteiger partial charge in [-0.1, -0.05) is 11.6 Å². The molecule has 0 unspecified atom stereocenters.